The van der Waals surface area contributed by atoms with Crippen molar-refractivity contribution in [2.45, 2.75) is 83.2 Å². The fraction of sp³-hybridized carbons (Fsp3) is 0.500. The molecule has 2 aromatic carbocycles. The van der Waals surface area contributed by atoms with Gasteiger partial charge in [0, 0.05) is 23.2 Å². The molecule has 0 spiro atoms. The van der Waals surface area contributed by atoms with Gasteiger partial charge >= 0.3 is 5.97 Å². The number of aryl methyl sites for hydroxylation is 1. The molecule has 1 fully saturated rings. The van der Waals surface area contributed by atoms with Crippen LogP contribution in [0.15, 0.2) is 36.4 Å². The number of hydrogen-bond donors (Lipinski definition) is 0. The Morgan fingerprint density at radius 1 is 1.09 bits per heavy atom. The summed E-state index contributed by atoms with van der Waals surface area (Å²) in [6.45, 7) is 10.7. The molecule has 0 N–H and O–H groups in total. The van der Waals surface area contributed by atoms with Gasteiger partial charge in [-0.2, -0.15) is 0 Å². The van der Waals surface area contributed by atoms with Crippen LogP contribution in [0.25, 0.3) is 0 Å². The first-order valence-corrected chi connectivity index (χ1v) is 12.1. The van der Waals surface area contributed by atoms with Crippen LogP contribution in [0, 0.1) is 18.8 Å². The van der Waals surface area contributed by atoms with Crippen molar-refractivity contribution in [2.24, 2.45) is 0 Å². The Hall–Kier alpha value is -2.57. The summed E-state index contributed by atoms with van der Waals surface area (Å²) in [4.78, 5) is 14.7. The summed E-state index contributed by atoms with van der Waals surface area (Å²) in [7, 11) is 3.73. The van der Waals surface area contributed by atoms with E-state index >= 15 is 0 Å². The number of rotatable bonds is 4. The average molecular weight is 444 g/mol. The molecule has 0 bridgehead atoms. The maximum Gasteiger partial charge on any atom is 0.315 e. The normalized spacial score (nSPS) is 19.5. The summed E-state index contributed by atoms with van der Waals surface area (Å²) in [5.74, 6) is 6.54. The van der Waals surface area contributed by atoms with Crippen LogP contribution in [0.1, 0.15) is 92.8 Å². The van der Waals surface area contributed by atoms with Gasteiger partial charge in [-0.25, -0.2) is 0 Å². The van der Waals surface area contributed by atoms with Gasteiger partial charge < -0.3 is 4.74 Å². The molecule has 3 heteroatoms. The lowest BCUT2D eigenvalue weighted by molar-refractivity contribution is -0.146. The fourth-order valence-electron chi connectivity index (χ4n) is 5.16. The van der Waals surface area contributed by atoms with Gasteiger partial charge in [0.05, 0.1) is 12.5 Å². The van der Waals surface area contributed by atoms with E-state index in [0.717, 1.165) is 22.7 Å². The number of nitrogens with zero attached hydrogens (tertiary/aromatic N) is 1. The van der Waals surface area contributed by atoms with E-state index in [9.17, 15) is 4.79 Å². The lowest BCUT2D eigenvalue weighted by Gasteiger charge is -2.41. The summed E-state index contributed by atoms with van der Waals surface area (Å²) in [5, 5.41) is 0. The van der Waals surface area contributed by atoms with E-state index in [1.165, 1.54) is 49.5 Å². The highest BCUT2D eigenvalue weighted by atomic mass is 16.5. The van der Waals surface area contributed by atoms with Crippen LogP contribution in [-0.4, -0.2) is 31.1 Å². The Kier molecular flexibility index (Phi) is 6.18. The number of fused-ring (bicyclic) bond motifs is 1. The predicted molar refractivity (Wildman–Crippen MR) is 134 cm³/mol. The Balaban J connectivity index is 1.63. The third-order valence-corrected chi connectivity index (χ3v) is 7.79. The Morgan fingerprint density at radius 3 is 2.36 bits per heavy atom. The van der Waals surface area contributed by atoms with Gasteiger partial charge in [0.25, 0.3) is 0 Å². The molecule has 0 aliphatic heterocycles. The first kappa shape index (κ1) is 23.6. The molecule has 3 nitrogen and oxygen atoms in total. The third-order valence-electron chi connectivity index (χ3n) is 7.79. The highest BCUT2D eigenvalue weighted by molar-refractivity contribution is 5.82. The lowest BCUT2D eigenvalue weighted by Crippen LogP contribution is -2.35. The minimum atomic E-state index is -0.675. The molecular weight excluding hydrogens is 406 g/mol. The minimum Gasteiger partial charge on any atom is -0.468 e. The van der Waals surface area contributed by atoms with E-state index < -0.39 is 5.41 Å². The molecule has 0 radical (unpaired) electrons. The number of benzene rings is 2. The number of hydrogen-bond acceptors (Lipinski definition) is 3. The molecule has 0 saturated heterocycles. The second-order valence-electron chi connectivity index (χ2n) is 11.0. The number of carbonyl (C=O) groups is 1. The zero-order valence-corrected chi connectivity index (χ0v) is 21.2. The van der Waals surface area contributed by atoms with Crippen molar-refractivity contribution in [3.8, 4) is 11.8 Å². The molecule has 0 heterocycles. The van der Waals surface area contributed by atoms with Gasteiger partial charge in [0.15, 0.2) is 0 Å². The predicted octanol–water partition coefficient (Wildman–Crippen LogP) is 6.05. The highest BCUT2D eigenvalue weighted by Gasteiger charge is 2.39. The van der Waals surface area contributed by atoms with Gasteiger partial charge in [-0.3, -0.25) is 9.69 Å². The average Bonchev–Trinajstić information content (AvgIpc) is 3.63. The molecule has 2 aliphatic rings. The van der Waals surface area contributed by atoms with Gasteiger partial charge in [-0.15, -0.1) is 0 Å². The van der Waals surface area contributed by atoms with Gasteiger partial charge in [-0.1, -0.05) is 43.9 Å². The monoisotopic (exact) mass is 443 g/mol. The van der Waals surface area contributed by atoms with E-state index in [0.29, 0.717) is 6.04 Å². The highest BCUT2D eigenvalue weighted by Crippen LogP contribution is 2.46. The fourth-order valence-corrected chi connectivity index (χ4v) is 5.16. The van der Waals surface area contributed by atoms with Crippen LogP contribution in [0.2, 0.25) is 0 Å². The number of methoxy groups -OCH3 is 1. The summed E-state index contributed by atoms with van der Waals surface area (Å²) in [6, 6.07) is 14.0. The second-order valence-corrected chi connectivity index (χ2v) is 11.0. The number of carbonyl (C=O) groups excluding carboxylic acids is 1. The number of ether oxygens (including phenoxy) is 1. The lowest BCUT2D eigenvalue weighted by atomic mass is 9.69. The van der Waals surface area contributed by atoms with E-state index in [-0.39, 0.29) is 11.4 Å². The number of esters is 1. The van der Waals surface area contributed by atoms with Crippen molar-refractivity contribution in [2.75, 3.05) is 14.2 Å². The molecule has 2 aliphatic carbocycles. The van der Waals surface area contributed by atoms with Gasteiger partial charge in [0.2, 0.25) is 0 Å². The summed E-state index contributed by atoms with van der Waals surface area (Å²) < 4.78 is 4.95. The molecule has 4 rings (SSSR count). The maximum absolute atomic E-state index is 12.1. The van der Waals surface area contributed by atoms with E-state index in [2.05, 4.69) is 56.7 Å². The zero-order valence-electron chi connectivity index (χ0n) is 21.2. The molecule has 2 aromatic rings. The SMILES string of the molecule is COC(=O)C(C)(C)c1ccc(C#Cc2cc3c(cc2C)C(N(C)C2CC2)CCC3(C)C)cc1. The standard InChI is InChI=1S/C30H37NO2/c1-20-18-25-26(29(2,3)17-16-27(25)31(6)24-14-15-24)19-22(20)11-8-21-9-12-23(13-10-21)30(4,5)28(32)33-7/h9-10,12-13,18-19,24,27H,14-17H2,1-7H3. The molecule has 0 aromatic heterocycles. The first-order chi connectivity index (χ1) is 15.5. The van der Waals surface area contributed by atoms with Gasteiger partial charge in [-0.05, 0) is 99.4 Å². The molecule has 1 saturated carbocycles. The van der Waals surface area contributed by atoms with Crippen molar-refractivity contribution in [3.63, 3.8) is 0 Å². The van der Waals surface area contributed by atoms with Gasteiger partial charge in [0.1, 0.15) is 0 Å². The zero-order chi connectivity index (χ0) is 24.0. The molecule has 174 valence electrons. The molecule has 0 amide bonds. The summed E-state index contributed by atoms with van der Waals surface area (Å²) in [6.07, 6.45) is 5.11. The third kappa shape index (κ3) is 4.59. The van der Waals surface area contributed by atoms with Crippen molar-refractivity contribution in [1.29, 1.82) is 0 Å². The Morgan fingerprint density at radius 2 is 1.76 bits per heavy atom. The van der Waals surface area contributed by atoms with Crippen LogP contribution in [0.3, 0.4) is 0 Å². The molecule has 1 unspecified atom stereocenters. The van der Waals surface area contributed by atoms with Crippen molar-refractivity contribution in [1.82, 2.24) is 4.90 Å². The largest absolute Gasteiger partial charge is 0.468 e. The summed E-state index contributed by atoms with van der Waals surface area (Å²) >= 11 is 0. The summed E-state index contributed by atoms with van der Waals surface area (Å²) in [5.41, 5.74) is 6.67. The second kappa shape index (κ2) is 8.65. The van der Waals surface area contributed by atoms with Crippen molar-refractivity contribution in [3.05, 3.63) is 69.8 Å². The van der Waals surface area contributed by atoms with Crippen LogP contribution in [-0.2, 0) is 20.4 Å². The smallest absolute Gasteiger partial charge is 0.315 e. The quantitative estimate of drug-likeness (QED) is 0.425. The van der Waals surface area contributed by atoms with E-state index in [1.807, 2.05) is 38.1 Å². The Labute approximate surface area is 199 Å². The molecule has 33 heavy (non-hydrogen) atoms. The molecular formula is C30H37NO2. The van der Waals surface area contributed by atoms with Crippen LogP contribution in [0.4, 0.5) is 0 Å². The van der Waals surface area contributed by atoms with Crippen molar-refractivity contribution >= 4 is 5.97 Å². The van der Waals surface area contributed by atoms with Crippen LogP contribution >= 0.6 is 0 Å². The minimum absolute atomic E-state index is 0.168. The Bertz CT molecular complexity index is 1110. The van der Waals surface area contributed by atoms with E-state index in [4.69, 9.17) is 4.74 Å². The van der Waals surface area contributed by atoms with E-state index in [1.54, 1.807) is 0 Å². The first-order valence-electron chi connectivity index (χ1n) is 12.1. The molecule has 1 atom stereocenters. The topological polar surface area (TPSA) is 29.5 Å². The van der Waals surface area contributed by atoms with Crippen LogP contribution in [0.5, 0.6) is 0 Å². The maximum atomic E-state index is 12.1. The van der Waals surface area contributed by atoms with Crippen LogP contribution < -0.4 is 0 Å². The van der Waals surface area contributed by atoms with Crippen molar-refractivity contribution < 1.29 is 9.53 Å².